The van der Waals surface area contributed by atoms with Crippen molar-refractivity contribution in [1.29, 1.82) is 5.26 Å². The highest BCUT2D eigenvalue weighted by Crippen LogP contribution is 2.33. The summed E-state index contributed by atoms with van der Waals surface area (Å²) in [5, 5.41) is 10.4. The van der Waals surface area contributed by atoms with Gasteiger partial charge in [0, 0.05) is 5.56 Å². The summed E-state index contributed by atoms with van der Waals surface area (Å²) in [6.45, 7) is 5.99. The van der Waals surface area contributed by atoms with Crippen LogP contribution in [-0.2, 0) is 0 Å². The van der Waals surface area contributed by atoms with Gasteiger partial charge in [-0.2, -0.15) is 5.26 Å². The van der Waals surface area contributed by atoms with E-state index in [0.29, 0.717) is 17.1 Å². The Bertz CT molecular complexity index is 1170. The van der Waals surface area contributed by atoms with Gasteiger partial charge in [-0.15, -0.1) is 0 Å². The van der Waals surface area contributed by atoms with Crippen LogP contribution in [0.2, 0.25) is 0 Å². The molecule has 4 aromatic rings. The molecule has 0 saturated carbocycles. The first kappa shape index (κ1) is 18.8. The summed E-state index contributed by atoms with van der Waals surface area (Å²) in [7, 11) is 0. The summed E-state index contributed by atoms with van der Waals surface area (Å²) < 4.78 is 11.7. The van der Waals surface area contributed by atoms with Gasteiger partial charge in [0.05, 0.1) is 11.8 Å². The molecule has 4 rings (SSSR count). The fourth-order valence-electron chi connectivity index (χ4n) is 2.71. The van der Waals surface area contributed by atoms with Gasteiger partial charge in [-0.1, -0.05) is 11.3 Å². The van der Waals surface area contributed by atoms with E-state index in [1.165, 1.54) is 17.7 Å². The van der Waals surface area contributed by atoms with Crippen LogP contribution < -0.4 is 9.47 Å². The molecule has 0 spiro atoms. The van der Waals surface area contributed by atoms with E-state index in [1.54, 1.807) is 18.3 Å². The third-order valence-corrected chi connectivity index (χ3v) is 4.92. The minimum absolute atomic E-state index is 0.265. The molecule has 2 aromatic carbocycles. The van der Waals surface area contributed by atoms with Crippen molar-refractivity contribution >= 4 is 21.7 Å². The number of hydrogen-bond acceptors (Lipinski definition) is 7. The van der Waals surface area contributed by atoms with Gasteiger partial charge in [0.1, 0.15) is 50.6 Å². The molecule has 0 amide bonds. The van der Waals surface area contributed by atoms with Crippen molar-refractivity contribution in [3.05, 3.63) is 60.6 Å². The lowest BCUT2D eigenvalue weighted by Gasteiger charge is -2.21. The summed E-state index contributed by atoms with van der Waals surface area (Å²) >= 11 is 1.46. The Morgan fingerprint density at radius 2 is 1.79 bits per heavy atom. The van der Waals surface area contributed by atoms with Crippen molar-refractivity contribution in [2.75, 3.05) is 0 Å². The highest BCUT2D eigenvalue weighted by molar-refractivity contribution is 7.21. The van der Waals surface area contributed by atoms with E-state index in [4.69, 9.17) is 9.47 Å². The number of rotatable bonds is 4. The molecule has 0 aliphatic rings. The predicted octanol–water partition coefficient (Wildman–Crippen LogP) is 5.59. The number of hydrogen-bond donors (Lipinski definition) is 0. The Morgan fingerprint density at radius 3 is 2.48 bits per heavy atom. The van der Waals surface area contributed by atoms with E-state index >= 15 is 0 Å². The fourth-order valence-corrected chi connectivity index (χ4v) is 3.58. The van der Waals surface area contributed by atoms with Crippen LogP contribution in [0.1, 0.15) is 26.3 Å². The van der Waals surface area contributed by atoms with Crippen LogP contribution in [0.4, 0.5) is 0 Å². The average Bonchev–Trinajstić information content (AvgIpc) is 3.13. The Balaban J connectivity index is 1.58. The maximum Gasteiger partial charge on any atom is 0.147 e. The van der Waals surface area contributed by atoms with Crippen LogP contribution in [0.15, 0.2) is 55.0 Å². The standard InChI is InChI=1S/C22H18N4O2S/c1-22(2,3)28-17-7-5-16(6-8-17)27-19-9-4-14(10-15(19)11-23)20-26-18-12-24-13-25-21(18)29-20/h4-10,12-13H,1-3H3. The van der Waals surface area contributed by atoms with Crippen LogP contribution in [0.25, 0.3) is 20.9 Å². The molecule has 2 heterocycles. The first-order valence-corrected chi connectivity index (χ1v) is 9.81. The van der Waals surface area contributed by atoms with Crippen molar-refractivity contribution in [2.24, 2.45) is 0 Å². The van der Waals surface area contributed by atoms with Gasteiger partial charge in [-0.3, -0.25) is 0 Å². The molecule has 6 nitrogen and oxygen atoms in total. The predicted molar refractivity (Wildman–Crippen MR) is 112 cm³/mol. The zero-order valence-electron chi connectivity index (χ0n) is 16.2. The molecular formula is C22H18N4O2S. The molecule has 0 aliphatic carbocycles. The van der Waals surface area contributed by atoms with Gasteiger partial charge >= 0.3 is 0 Å². The van der Waals surface area contributed by atoms with Crippen LogP contribution >= 0.6 is 11.3 Å². The third-order valence-electron chi connectivity index (χ3n) is 3.90. The molecule has 0 saturated heterocycles. The second-order valence-corrected chi connectivity index (χ2v) is 8.32. The number of aromatic nitrogens is 3. The van der Waals surface area contributed by atoms with E-state index in [0.717, 1.165) is 26.7 Å². The summed E-state index contributed by atoms with van der Waals surface area (Å²) in [4.78, 5) is 13.6. The maximum absolute atomic E-state index is 9.59. The quantitative estimate of drug-likeness (QED) is 0.442. The highest BCUT2D eigenvalue weighted by atomic mass is 32.1. The molecule has 0 aliphatic heterocycles. The number of thiazole rings is 1. The Labute approximate surface area is 172 Å². The Hall–Kier alpha value is -3.50. The smallest absolute Gasteiger partial charge is 0.147 e. The monoisotopic (exact) mass is 402 g/mol. The van der Waals surface area contributed by atoms with Crippen molar-refractivity contribution < 1.29 is 9.47 Å². The van der Waals surface area contributed by atoms with Crippen molar-refractivity contribution in [3.8, 4) is 33.9 Å². The Morgan fingerprint density at radius 1 is 1.03 bits per heavy atom. The first-order chi connectivity index (χ1) is 13.9. The number of nitrogens with zero attached hydrogens (tertiary/aromatic N) is 4. The average molecular weight is 402 g/mol. The summed E-state index contributed by atoms with van der Waals surface area (Å²) in [6.07, 6.45) is 3.18. The molecule has 29 heavy (non-hydrogen) atoms. The number of nitriles is 1. The lowest BCUT2D eigenvalue weighted by atomic mass is 10.1. The fraction of sp³-hybridized carbons (Fsp3) is 0.182. The second kappa shape index (κ2) is 7.49. The van der Waals surface area contributed by atoms with Gasteiger partial charge in [0.25, 0.3) is 0 Å². The maximum atomic E-state index is 9.59. The van der Waals surface area contributed by atoms with E-state index in [-0.39, 0.29) is 5.60 Å². The summed E-state index contributed by atoms with van der Waals surface area (Å²) in [5.74, 6) is 1.88. The molecular weight excluding hydrogens is 384 g/mol. The summed E-state index contributed by atoms with van der Waals surface area (Å²) in [6, 6.07) is 15.0. The minimum Gasteiger partial charge on any atom is -0.488 e. The minimum atomic E-state index is -0.265. The molecule has 0 atom stereocenters. The molecule has 144 valence electrons. The van der Waals surface area contributed by atoms with Gasteiger partial charge in [0.2, 0.25) is 0 Å². The zero-order chi connectivity index (χ0) is 20.4. The lowest BCUT2D eigenvalue weighted by Crippen LogP contribution is -2.22. The second-order valence-electron chi connectivity index (χ2n) is 7.34. The summed E-state index contributed by atoms with van der Waals surface area (Å²) in [5.41, 5.74) is 1.75. The first-order valence-electron chi connectivity index (χ1n) is 8.99. The molecule has 7 heteroatoms. The van der Waals surface area contributed by atoms with Crippen LogP contribution in [0, 0.1) is 11.3 Å². The van der Waals surface area contributed by atoms with Crippen LogP contribution in [0.5, 0.6) is 17.2 Å². The van der Waals surface area contributed by atoms with Crippen LogP contribution in [0.3, 0.4) is 0 Å². The van der Waals surface area contributed by atoms with Crippen molar-refractivity contribution in [1.82, 2.24) is 15.0 Å². The number of ether oxygens (including phenoxy) is 2. The zero-order valence-corrected chi connectivity index (χ0v) is 17.0. The van der Waals surface area contributed by atoms with Gasteiger partial charge in [0.15, 0.2) is 0 Å². The van der Waals surface area contributed by atoms with E-state index in [1.807, 2.05) is 51.1 Å². The lowest BCUT2D eigenvalue weighted by molar-refractivity contribution is 0.131. The number of fused-ring (bicyclic) bond motifs is 1. The molecule has 0 unspecified atom stereocenters. The van der Waals surface area contributed by atoms with Crippen molar-refractivity contribution in [2.45, 2.75) is 26.4 Å². The molecule has 0 fully saturated rings. The highest BCUT2D eigenvalue weighted by Gasteiger charge is 2.13. The van der Waals surface area contributed by atoms with E-state index in [9.17, 15) is 5.26 Å². The molecule has 0 bridgehead atoms. The van der Waals surface area contributed by atoms with E-state index < -0.39 is 0 Å². The number of benzene rings is 2. The molecule has 2 aromatic heterocycles. The largest absolute Gasteiger partial charge is 0.488 e. The molecule has 0 radical (unpaired) electrons. The van der Waals surface area contributed by atoms with Crippen LogP contribution in [-0.4, -0.2) is 20.6 Å². The van der Waals surface area contributed by atoms with Gasteiger partial charge < -0.3 is 9.47 Å². The molecule has 0 N–H and O–H groups in total. The van der Waals surface area contributed by atoms with E-state index in [2.05, 4.69) is 21.0 Å². The van der Waals surface area contributed by atoms with Gasteiger partial charge in [-0.25, -0.2) is 15.0 Å². The third kappa shape index (κ3) is 4.33. The van der Waals surface area contributed by atoms with Gasteiger partial charge in [-0.05, 0) is 63.2 Å². The SMILES string of the molecule is CC(C)(C)Oc1ccc(Oc2ccc(-c3nc4cncnc4s3)cc2C#N)cc1. The van der Waals surface area contributed by atoms with Crippen molar-refractivity contribution in [3.63, 3.8) is 0 Å². The normalized spacial score (nSPS) is 11.2. The topological polar surface area (TPSA) is 80.9 Å². The Kier molecular flexibility index (Phi) is 4.87.